The first-order chi connectivity index (χ1) is 6.68. The Morgan fingerprint density at radius 2 is 1.79 bits per heavy atom. The van der Waals surface area contributed by atoms with Crippen LogP contribution in [0.4, 0.5) is 0 Å². The molecule has 1 N–H and O–H groups in total. The second-order valence-electron chi connectivity index (χ2n) is 2.80. The molecule has 0 saturated carbocycles. The van der Waals surface area contributed by atoms with Crippen LogP contribution < -0.4 is 0 Å². The molecule has 0 bridgehead atoms. The number of hydrogen-bond donors (Lipinski definition) is 1. The Balaban J connectivity index is 2.54. The molecule has 1 rings (SSSR count). The molecule has 0 aliphatic rings. The predicted octanol–water partition coefficient (Wildman–Crippen LogP) is 1.44. The third-order valence-electron chi connectivity index (χ3n) is 1.63. The number of carboxylic acid groups (broad SMARTS) is 1. The van der Waals surface area contributed by atoms with Gasteiger partial charge in [0.05, 0.1) is 0 Å². The molecule has 3 nitrogen and oxygen atoms in total. The van der Waals surface area contributed by atoms with Crippen molar-refractivity contribution in [1.82, 2.24) is 0 Å². The van der Waals surface area contributed by atoms with E-state index in [1.54, 1.807) is 0 Å². The maximum atomic E-state index is 11.2. The number of allylic oxidation sites excluding steroid dienone is 1. The lowest BCUT2D eigenvalue weighted by atomic mass is 10.1. The number of aliphatic carboxylic acids is 1. The molecule has 0 unspecified atom stereocenters. The molecule has 0 fully saturated rings. The van der Waals surface area contributed by atoms with Crippen LogP contribution in [0.2, 0.25) is 0 Å². The van der Waals surface area contributed by atoms with Crippen molar-refractivity contribution >= 4 is 11.8 Å². The molecule has 0 aromatic heterocycles. The minimum Gasteiger partial charge on any atom is -0.478 e. The smallest absolute Gasteiger partial charge is 0.328 e. The van der Waals surface area contributed by atoms with Gasteiger partial charge >= 0.3 is 5.97 Å². The molecule has 0 aliphatic carbocycles. The highest BCUT2D eigenvalue weighted by Crippen LogP contribution is 2.00. The van der Waals surface area contributed by atoms with Crippen molar-refractivity contribution in [2.45, 2.75) is 6.42 Å². The molecule has 3 heteroatoms. The van der Waals surface area contributed by atoms with Gasteiger partial charge in [0.15, 0.2) is 5.78 Å². The van der Waals surface area contributed by atoms with Crippen molar-refractivity contribution in [1.29, 1.82) is 0 Å². The second kappa shape index (κ2) is 4.97. The molecule has 0 heterocycles. The number of benzene rings is 1. The molecular formula is C11H10O3. The van der Waals surface area contributed by atoms with E-state index in [1.807, 2.05) is 30.3 Å². The molecule has 0 aliphatic heterocycles. The Morgan fingerprint density at radius 3 is 2.36 bits per heavy atom. The average molecular weight is 190 g/mol. The summed E-state index contributed by atoms with van der Waals surface area (Å²) in [7, 11) is 0. The third kappa shape index (κ3) is 3.67. The molecule has 1 aromatic rings. The zero-order chi connectivity index (χ0) is 10.4. The Labute approximate surface area is 81.7 Å². The van der Waals surface area contributed by atoms with Crippen LogP contribution in [0.1, 0.15) is 5.56 Å². The third-order valence-corrected chi connectivity index (χ3v) is 1.63. The lowest BCUT2D eigenvalue weighted by Crippen LogP contribution is -1.99. The standard InChI is InChI=1S/C11H10O3/c12-10(6-7-11(13)14)8-9-4-2-1-3-5-9/h1-7H,8H2,(H,13,14)/b7-6+. The molecule has 0 amide bonds. The van der Waals surface area contributed by atoms with E-state index in [0.717, 1.165) is 17.7 Å². The van der Waals surface area contributed by atoms with Crippen LogP contribution >= 0.6 is 0 Å². The van der Waals surface area contributed by atoms with E-state index < -0.39 is 5.97 Å². The Bertz CT molecular complexity index is 352. The first-order valence-electron chi connectivity index (χ1n) is 4.16. The maximum absolute atomic E-state index is 11.2. The fourth-order valence-electron chi connectivity index (χ4n) is 1.02. The summed E-state index contributed by atoms with van der Waals surface area (Å²) in [5.41, 5.74) is 0.882. The van der Waals surface area contributed by atoms with Crippen molar-refractivity contribution in [2.75, 3.05) is 0 Å². The van der Waals surface area contributed by atoms with Gasteiger partial charge in [0.25, 0.3) is 0 Å². The quantitative estimate of drug-likeness (QED) is 0.731. The minimum absolute atomic E-state index is 0.210. The summed E-state index contributed by atoms with van der Waals surface area (Å²) in [5.74, 6) is -1.31. The lowest BCUT2D eigenvalue weighted by molar-refractivity contribution is -0.131. The van der Waals surface area contributed by atoms with E-state index in [4.69, 9.17) is 5.11 Å². The Morgan fingerprint density at radius 1 is 1.14 bits per heavy atom. The van der Waals surface area contributed by atoms with Gasteiger partial charge < -0.3 is 5.11 Å². The number of hydrogen-bond acceptors (Lipinski definition) is 2. The fourth-order valence-corrected chi connectivity index (χ4v) is 1.02. The summed E-state index contributed by atoms with van der Waals surface area (Å²) in [6.07, 6.45) is 2.17. The highest BCUT2D eigenvalue weighted by Gasteiger charge is 1.99. The predicted molar refractivity (Wildman–Crippen MR) is 51.9 cm³/mol. The number of rotatable bonds is 4. The summed E-state index contributed by atoms with van der Waals surface area (Å²) >= 11 is 0. The summed E-state index contributed by atoms with van der Waals surface area (Å²) < 4.78 is 0. The van der Waals surface area contributed by atoms with E-state index >= 15 is 0 Å². The zero-order valence-corrected chi connectivity index (χ0v) is 7.51. The maximum Gasteiger partial charge on any atom is 0.328 e. The van der Waals surface area contributed by atoms with Crippen LogP contribution in [-0.4, -0.2) is 16.9 Å². The van der Waals surface area contributed by atoms with E-state index in [0.29, 0.717) is 0 Å². The summed E-state index contributed by atoms with van der Waals surface area (Å²) in [6.45, 7) is 0. The average Bonchev–Trinajstić information content (AvgIpc) is 2.16. The van der Waals surface area contributed by atoms with Gasteiger partial charge in [-0.2, -0.15) is 0 Å². The van der Waals surface area contributed by atoms with E-state index in [9.17, 15) is 9.59 Å². The first kappa shape index (κ1) is 10.2. The number of carboxylic acids is 1. The van der Waals surface area contributed by atoms with Crippen LogP contribution in [0, 0.1) is 0 Å². The molecule has 72 valence electrons. The van der Waals surface area contributed by atoms with Crippen LogP contribution in [0.25, 0.3) is 0 Å². The van der Waals surface area contributed by atoms with Gasteiger partial charge in [-0.1, -0.05) is 30.3 Å². The molecule has 1 aromatic carbocycles. The number of ketones is 1. The summed E-state index contributed by atoms with van der Waals surface area (Å²) in [5, 5.41) is 8.29. The molecular weight excluding hydrogens is 180 g/mol. The van der Waals surface area contributed by atoms with E-state index in [2.05, 4.69) is 0 Å². The van der Waals surface area contributed by atoms with E-state index in [1.165, 1.54) is 0 Å². The van der Waals surface area contributed by atoms with Gasteiger partial charge in [0.2, 0.25) is 0 Å². The summed E-state index contributed by atoms with van der Waals surface area (Å²) in [4.78, 5) is 21.3. The van der Waals surface area contributed by atoms with Crippen LogP contribution in [0.3, 0.4) is 0 Å². The van der Waals surface area contributed by atoms with Crippen molar-refractivity contribution in [3.8, 4) is 0 Å². The van der Waals surface area contributed by atoms with Crippen molar-refractivity contribution in [3.05, 3.63) is 48.0 Å². The van der Waals surface area contributed by atoms with Gasteiger partial charge in [-0.25, -0.2) is 4.79 Å². The molecule has 14 heavy (non-hydrogen) atoms. The van der Waals surface area contributed by atoms with Crippen LogP contribution in [-0.2, 0) is 16.0 Å². The van der Waals surface area contributed by atoms with Crippen LogP contribution in [0.15, 0.2) is 42.5 Å². The lowest BCUT2D eigenvalue weighted by Gasteiger charge is -1.95. The highest BCUT2D eigenvalue weighted by molar-refractivity contribution is 5.96. The van der Waals surface area contributed by atoms with Gasteiger partial charge in [-0.05, 0) is 11.6 Å². The molecule has 0 saturated heterocycles. The van der Waals surface area contributed by atoms with Crippen molar-refractivity contribution in [2.24, 2.45) is 0 Å². The second-order valence-corrected chi connectivity index (χ2v) is 2.80. The largest absolute Gasteiger partial charge is 0.478 e. The van der Waals surface area contributed by atoms with Crippen molar-refractivity contribution in [3.63, 3.8) is 0 Å². The SMILES string of the molecule is O=C(O)/C=C/C(=O)Cc1ccccc1. The van der Waals surface area contributed by atoms with Crippen LogP contribution in [0.5, 0.6) is 0 Å². The molecule has 0 radical (unpaired) electrons. The molecule has 0 spiro atoms. The number of carbonyl (C=O) groups excluding carboxylic acids is 1. The first-order valence-corrected chi connectivity index (χ1v) is 4.16. The topological polar surface area (TPSA) is 54.4 Å². The summed E-state index contributed by atoms with van der Waals surface area (Å²) in [6, 6.07) is 9.19. The Kier molecular flexibility index (Phi) is 3.61. The monoisotopic (exact) mass is 190 g/mol. The van der Waals surface area contributed by atoms with Crippen molar-refractivity contribution < 1.29 is 14.7 Å². The van der Waals surface area contributed by atoms with Gasteiger partial charge in [0.1, 0.15) is 0 Å². The van der Waals surface area contributed by atoms with Gasteiger partial charge in [-0.3, -0.25) is 4.79 Å². The zero-order valence-electron chi connectivity index (χ0n) is 7.51. The van der Waals surface area contributed by atoms with Gasteiger partial charge in [-0.15, -0.1) is 0 Å². The highest BCUT2D eigenvalue weighted by atomic mass is 16.4. The molecule has 0 atom stereocenters. The number of carbonyl (C=O) groups is 2. The minimum atomic E-state index is -1.11. The Hall–Kier alpha value is -1.90. The van der Waals surface area contributed by atoms with E-state index in [-0.39, 0.29) is 12.2 Å². The van der Waals surface area contributed by atoms with Gasteiger partial charge in [0, 0.05) is 12.5 Å². The normalized spacial score (nSPS) is 10.3. The fraction of sp³-hybridized carbons (Fsp3) is 0.0909.